The number of para-hydroxylation sites is 1. The zero-order valence-electron chi connectivity index (χ0n) is 18.5. The smallest absolute Gasteiger partial charge is 0.266 e. The number of nitrogens with one attached hydrogen (secondary N) is 1. The van der Waals surface area contributed by atoms with Crippen LogP contribution >= 0.6 is 0 Å². The number of nitrogens with zero attached hydrogens (tertiary/aromatic N) is 4. The van der Waals surface area contributed by atoms with Crippen LogP contribution in [0.1, 0.15) is 34.6 Å². The lowest BCUT2D eigenvalue weighted by atomic mass is 10.00. The van der Waals surface area contributed by atoms with E-state index in [0.29, 0.717) is 28.0 Å². The number of hydrogen-bond donors (Lipinski definition) is 2. The summed E-state index contributed by atoms with van der Waals surface area (Å²) in [7, 11) is 0. The van der Waals surface area contributed by atoms with Gasteiger partial charge in [-0.3, -0.25) is 14.2 Å². The molecule has 3 N–H and O–H groups in total. The van der Waals surface area contributed by atoms with Crippen molar-refractivity contribution in [3.05, 3.63) is 100.0 Å². The number of nitrogens with two attached hydrogens (primary N) is 1. The van der Waals surface area contributed by atoms with Crippen LogP contribution < -0.4 is 16.6 Å². The summed E-state index contributed by atoms with van der Waals surface area (Å²) in [6, 6.07) is 14.5. The molecule has 3 aromatic heterocycles. The van der Waals surface area contributed by atoms with E-state index in [1.54, 1.807) is 61.8 Å². The van der Waals surface area contributed by atoms with Gasteiger partial charge in [-0.2, -0.15) is 0 Å². The fraction of sp³-hybridized carbons (Fsp3) is 0.120. The SMILES string of the molecule is Cc1c([C@H](C)NC(=O)c2c(N)nn3cccnc23)n(-c2ccccc2)c(=O)c2c(F)cccc12. The Morgan fingerprint density at radius 3 is 2.65 bits per heavy atom. The van der Waals surface area contributed by atoms with E-state index in [1.807, 2.05) is 13.0 Å². The first kappa shape index (κ1) is 21.3. The van der Waals surface area contributed by atoms with Gasteiger partial charge in [-0.05, 0) is 49.1 Å². The average Bonchev–Trinajstić information content (AvgIpc) is 3.17. The Balaban J connectivity index is 1.68. The van der Waals surface area contributed by atoms with Crippen LogP contribution in [0.15, 0.2) is 71.8 Å². The lowest BCUT2D eigenvalue weighted by molar-refractivity contribution is 0.0941. The summed E-state index contributed by atoms with van der Waals surface area (Å²) in [6.07, 6.45) is 3.19. The first-order valence-corrected chi connectivity index (χ1v) is 10.7. The van der Waals surface area contributed by atoms with E-state index < -0.39 is 23.3 Å². The number of carbonyl (C=O) groups excluding carboxylic acids is 1. The standard InChI is InChI=1S/C25H21FN6O2/c1-14-17-10-6-11-18(26)19(17)25(34)32(16-8-4-3-5-9-16)21(14)15(2)29-24(33)20-22(27)30-31-13-7-12-28-23(20)31/h3-13,15H,1-2H3,(H2,27,30)(H,29,33)/t15-/m0/s1. The van der Waals surface area contributed by atoms with Crippen LogP contribution in [0.3, 0.4) is 0 Å². The Bertz CT molecular complexity index is 1620. The molecule has 0 aliphatic rings. The van der Waals surface area contributed by atoms with Crippen LogP contribution in [0.5, 0.6) is 0 Å². The number of hydrogen-bond acceptors (Lipinski definition) is 5. The molecule has 34 heavy (non-hydrogen) atoms. The van der Waals surface area contributed by atoms with Gasteiger partial charge in [-0.1, -0.05) is 30.3 Å². The van der Waals surface area contributed by atoms with E-state index in [1.165, 1.54) is 15.1 Å². The van der Waals surface area contributed by atoms with Crippen molar-refractivity contribution in [2.45, 2.75) is 19.9 Å². The Labute approximate surface area is 193 Å². The van der Waals surface area contributed by atoms with Crippen molar-refractivity contribution in [1.29, 1.82) is 0 Å². The highest BCUT2D eigenvalue weighted by Crippen LogP contribution is 2.28. The number of aryl methyl sites for hydroxylation is 1. The second-order valence-electron chi connectivity index (χ2n) is 7.99. The maximum absolute atomic E-state index is 14.7. The number of aromatic nitrogens is 4. The fourth-order valence-corrected chi connectivity index (χ4v) is 4.39. The molecule has 0 bridgehead atoms. The largest absolute Gasteiger partial charge is 0.381 e. The van der Waals surface area contributed by atoms with Gasteiger partial charge in [0.25, 0.3) is 11.5 Å². The van der Waals surface area contributed by atoms with E-state index in [2.05, 4.69) is 15.4 Å². The van der Waals surface area contributed by atoms with E-state index in [4.69, 9.17) is 5.73 Å². The minimum absolute atomic E-state index is 0.00204. The van der Waals surface area contributed by atoms with E-state index in [0.717, 1.165) is 0 Å². The van der Waals surface area contributed by atoms with Crippen molar-refractivity contribution in [3.8, 4) is 5.69 Å². The topological polar surface area (TPSA) is 107 Å². The van der Waals surface area contributed by atoms with Gasteiger partial charge in [0, 0.05) is 18.1 Å². The van der Waals surface area contributed by atoms with Crippen LogP contribution in [-0.4, -0.2) is 25.1 Å². The minimum Gasteiger partial charge on any atom is -0.381 e. The average molecular weight is 456 g/mol. The summed E-state index contributed by atoms with van der Waals surface area (Å²) >= 11 is 0. The highest BCUT2D eigenvalue weighted by Gasteiger charge is 2.25. The molecule has 0 aliphatic carbocycles. The van der Waals surface area contributed by atoms with Gasteiger partial charge in [0.05, 0.1) is 17.1 Å². The third-order valence-electron chi connectivity index (χ3n) is 5.88. The Morgan fingerprint density at radius 1 is 1.12 bits per heavy atom. The molecular weight excluding hydrogens is 435 g/mol. The number of benzene rings is 2. The van der Waals surface area contributed by atoms with Crippen molar-refractivity contribution in [3.63, 3.8) is 0 Å². The van der Waals surface area contributed by atoms with Crippen LogP contribution in [0.25, 0.3) is 22.1 Å². The molecule has 0 saturated heterocycles. The molecule has 0 spiro atoms. The Kier molecular flexibility index (Phi) is 5.09. The van der Waals surface area contributed by atoms with Crippen molar-refractivity contribution in [2.75, 3.05) is 5.73 Å². The van der Waals surface area contributed by atoms with Crippen molar-refractivity contribution >= 4 is 28.1 Å². The van der Waals surface area contributed by atoms with Gasteiger partial charge in [0.15, 0.2) is 11.5 Å². The second-order valence-corrected chi connectivity index (χ2v) is 7.99. The molecule has 0 aliphatic heterocycles. The number of anilines is 1. The summed E-state index contributed by atoms with van der Waals surface area (Å²) in [5, 5.41) is 7.55. The molecule has 0 radical (unpaired) electrons. The molecule has 8 nitrogen and oxygen atoms in total. The van der Waals surface area contributed by atoms with Gasteiger partial charge in [-0.15, -0.1) is 5.10 Å². The molecule has 3 heterocycles. The van der Waals surface area contributed by atoms with Crippen molar-refractivity contribution in [1.82, 2.24) is 24.5 Å². The molecule has 5 rings (SSSR count). The monoisotopic (exact) mass is 456 g/mol. The van der Waals surface area contributed by atoms with Crippen molar-refractivity contribution in [2.24, 2.45) is 0 Å². The van der Waals surface area contributed by atoms with Crippen molar-refractivity contribution < 1.29 is 9.18 Å². The van der Waals surface area contributed by atoms with E-state index >= 15 is 0 Å². The van der Waals surface area contributed by atoms with Crippen LogP contribution in [0, 0.1) is 12.7 Å². The molecule has 9 heteroatoms. The molecule has 0 fully saturated rings. The first-order chi connectivity index (χ1) is 16.4. The van der Waals surface area contributed by atoms with Gasteiger partial charge >= 0.3 is 0 Å². The highest BCUT2D eigenvalue weighted by molar-refractivity contribution is 6.04. The number of nitrogen functional groups attached to an aromatic ring is 1. The van der Waals surface area contributed by atoms with Crippen LogP contribution in [-0.2, 0) is 0 Å². The molecule has 5 aromatic rings. The van der Waals surface area contributed by atoms with Crippen LogP contribution in [0.4, 0.5) is 10.2 Å². The minimum atomic E-state index is -0.633. The molecule has 0 saturated carbocycles. The molecular formula is C25H21FN6O2. The number of carbonyl (C=O) groups is 1. The first-order valence-electron chi connectivity index (χ1n) is 10.7. The highest BCUT2D eigenvalue weighted by atomic mass is 19.1. The number of pyridine rings is 1. The van der Waals surface area contributed by atoms with E-state index in [-0.39, 0.29) is 16.8 Å². The Morgan fingerprint density at radius 2 is 1.88 bits per heavy atom. The zero-order valence-corrected chi connectivity index (χ0v) is 18.5. The molecule has 2 aromatic carbocycles. The zero-order chi connectivity index (χ0) is 24.0. The summed E-state index contributed by atoms with van der Waals surface area (Å²) < 4.78 is 17.6. The maximum Gasteiger partial charge on any atom is 0.266 e. The summed E-state index contributed by atoms with van der Waals surface area (Å²) in [6.45, 7) is 3.57. The lowest BCUT2D eigenvalue weighted by Crippen LogP contribution is -2.33. The molecule has 1 amide bonds. The summed E-state index contributed by atoms with van der Waals surface area (Å²) in [5.41, 5.74) is 7.74. The number of halogens is 1. The Hall–Kier alpha value is -4.53. The van der Waals surface area contributed by atoms with Gasteiger partial charge < -0.3 is 11.1 Å². The van der Waals surface area contributed by atoms with Gasteiger partial charge in [0.1, 0.15) is 11.4 Å². The molecule has 1 atom stereocenters. The number of fused-ring (bicyclic) bond motifs is 2. The fourth-order valence-electron chi connectivity index (χ4n) is 4.39. The second kappa shape index (κ2) is 8.11. The third kappa shape index (κ3) is 3.29. The normalized spacial score (nSPS) is 12.2. The van der Waals surface area contributed by atoms with Gasteiger partial charge in [0.2, 0.25) is 0 Å². The van der Waals surface area contributed by atoms with Crippen LogP contribution in [0.2, 0.25) is 0 Å². The van der Waals surface area contributed by atoms with Gasteiger partial charge in [-0.25, -0.2) is 13.9 Å². The summed E-state index contributed by atoms with van der Waals surface area (Å²) in [4.78, 5) is 31.0. The molecule has 170 valence electrons. The third-order valence-corrected chi connectivity index (χ3v) is 5.88. The predicted octanol–water partition coefficient (Wildman–Crippen LogP) is 3.55. The number of rotatable bonds is 4. The maximum atomic E-state index is 14.7. The quantitative estimate of drug-likeness (QED) is 0.430. The lowest BCUT2D eigenvalue weighted by Gasteiger charge is -2.23. The molecule has 0 unspecified atom stereocenters. The summed E-state index contributed by atoms with van der Waals surface area (Å²) in [5.74, 6) is -1.03. The van der Waals surface area contributed by atoms with E-state index in [9.17, 15) is 14.0 Å². The number of amides is 1. The predicted molar refractivity (Wildman–Crippen MR) is 128 cm³/mol.